The number of carbonyl (C=O) groups excluding carboxylic acids is 2. The van der Waals surface area contributed by atoms with Gasteiger partial charge in [0, 0.05) is 0 Å². The Morgan fingerprint density at radius 1 is 0.562 bits per heavy atom. The molecule has 4 aromatic rings. The van der Waals surface area contributed by atoms with Gasteiger partial charge in [-0.2, -0.15) is 0 Å². The fraction of sp³-hybridized carbons (Fsp3) is 0.0714. The maximum Gasteiger partial charge on any atom is 0.339 e. The van der Waals surface area contributed by atoms with E-state index < -0.39 is 11.9 Å². The smallest absolute Gasteiger partial charge is 0.339 e. The molecule has 0 aliphatic heterocycles. The van der Waals surface area contributed by atoms with Gasteiger partial charge < -0.3 is 9.47 Å². The number of rotatable bonds is 4. The number of esters is 2. The topological polar surface area (TPSA) is 52.6 Å². The van der Waals surface area contributed by atoms with E-state index >= 15 is 0 Å². The molecule has 0 radical (unpaired) electrons. The maximum atomic E-state index is 12.3. The third-order valence-corrected chi connectivity index (χ3v) is 4.81. The zero-order valence-corrected chi connectivity index (χ0v) is 17.1. The minimum absolute atomic E-state index is 0.0769. The molecule has 0 heterocycles. The van der Waals surface area contributed by atoms with Gasteiger partial charge in [0.05, 0.1) is 11.1 Å². The quantitative estimate of drug-likeness (QED) is 0.345. The minimum atomic E-state index is -0.437. The van der Waals surface area contributed by atoms with Crippen LogP contribution in [0, 0.1) is 23.7 Å². The van der Waals surface area contributed by atoms with Crippen LogP contribution in [0.15, 0.2) is 84.9 Å². The molecule has 4 nitrogen and oxygen atoms in total. The molecule has 0 aliphatic carbocycles. The zero-order valence-electron chi connectivity index (χ0n) is 17.1. The molecule has 4 heteroatoms. The number of ether oxygens (including phenoxy) is 2. The second-order valence-corrected chi connectivity index (χ2v) is 6.81. The number of benzene rings is 4. The molecule has 0 aliphatic rings. The van der Waals surface area contributed by atoms with E-state index in [1.54, 1.807) is 12.1 Å². The first kappa shape index (κ1) is 20.7. The number of carbonyl (C=O) groups is 2. The average molecular weight is 418 g/mol. The minimum Gasteiger partial charge on any atom is -0.449 e. The summed E-state index contributed by atoms with van der Waals surface area (Å²) in [6.45, 7) is -0.154. The lowest BCUT2D eigenvalue weighted by atomic mass is 10.1. The van der Waals surface area contributed by atoms with E-state index in [1.807, 2.05) is 72.8 Å². The van der Waals surface area contributed by atoms with Crippen molar-refractivity contribution in [2.75, 3.05) is 13.2 Å². The van der Waals surface area contributed by atoms with Crippen molar-refractivity contribution in [3.05, 3.63) is 96.1 Å². The van der Waals surface area contributed by atoms with Crippen LogP contribution in [0.4, 0.5) is 0 Å². The van der Waals surface area contributed by atoms with Gasteiger partial charge >= 0.3 is 11.9 Å². The summed E-state index contributed by atoms with van der Waals surface area (Å²) < 4.78 is 10.4. The summed E-state index contributed by atoms with van der Waals surface area (Å²) in [5.74, 6) is 9.65. The molecule has 0 amide bonds. The SMILES string of the molecule is O=C(OCC#CC#CCOC(=O)c1cccc2ccccc12)c1cccc2ccccc12. The molecule has 0 bridgehead atoms. The van der Waals surface area contributed by atoms with Gasteiger partial charge in [0.25, 0.3) is 0 Å². The van der Waals surface area contributed by atoms with Crippen LogP contribution in [0.1, 0.15) is 20.7 Å². The van der Waals surface area contributed by atoms with Crippen molar-refractivity contribution in [3.63, 3.8) is 0 Å². The van der Waals surface area contributed by atoms with Gasteiger partial charge in [-0.25, -0.2) is 9.59 Å². The lowest BCUT2D eigenvalue weighted by Gasteiger charge is -2.05. The number of hydrogen-bond donors (Lipinski definition) is 0. The normalized spacial score (nSPS) is 9.88. The fourth-order valence-corrected chi connectivity index (χ4v) is 3.33. The molecule has 32 heavy (non-hydrogen) atoms. The van der Waals surface area contributed by atoms with Crippen molar-refractivity contribution in [2.45, 2.75) is 0 Å². The highest BCUT2D eigenvalue weighted by molar-refractivity contribution is 6.05. The van der Waals surface area contributed by atoms with Gasteiger partial charge in [0.1, 0.15) is 0 Å². The summed E-state index contributed by atoms with van der Waals surface area (Å²) in [5, 5.41) is 3.61. The van der Waals surface area contributed by atoms with Crippen molar-refractivity contribution >= 4 is 33.5 Å². The van der Waals surface area contributed by atoms with Gasteiger partial charge in [-0.3, -0.25) is 0 Å². The molecule has 0 unspecified atom stereocenters. The molecule has 154 valence electrons. The van der Waals surface area contributed by atoms with Gasteiger partial charge in [-0.1, -0.05) is 72.8 Å². The second-order valence-electron chi connectivity index (χ2n) is 6.81. The Bertz CT molecular complexity index is 1310. The molecular weight excluding hydrogens is 400 g/mol. The standard InChI is InChI=1S/C28H18O4/c29-27(25-17-9-13-21-11-3-5-15-23(21)25)31-19-7-1-2-8-20-32-28(30)26-18-10-14-22-12-4-6-16-24(22)26/h3-6,9-18H,19-20H2. The molecule has 0 aromatic heterocycles. The highest BCUT2D eigenvalue weighted by Crippen LogP contribution is 2.20. The van der Waals surface area contributed by atoms with Crippen molar-refractivity contribution < 1.29 is 19.1 Å². The lowest BCUT2D eigenvalue weighted by Crippen LogP contribution is -2.06. The fourth-order valence-electron chi connectivity index (χ4n) is 3.33. The second kappa shape index (κ2) is 9.98. The Hall–Kier alpha value is -4.54. The molecule has 0 fully saturated rings. The van der Waals surface area contributed by atoms with Gasteiger partial charge in [-0.15, -0.1) is 0 Å². The largest absolute Gasteiger partial charge is 0.449 e. The van der Waals surface area contributed by atoms with Crippen LogP contribution in [0.2, 0.25) is 0 Å². The van der Waals surface area contributed by atoms with E-state index in [9.17, 15) is 9.59 Å². The Morgan fingerprint density at radius 2 is 0.969 bits per heavy atom. The average Bonchev–Trinajstić information content (AvgIpc) is 2.84. The van der Waals surface area contributed by atoms with E-state index in [4.69, 9.17) is 9.47 Å². The third-order valence-electron chi connectivity index (χ3n) is 4.81. The van der Waals surface area contributed by atoms with E-state index in [2.05, 4.69) is 23.7 Å². The summed E-state index contributed by atoms with van der Waals surface area (Å²) in [5.41, 5.74) is 0.993. The van der Waals surface area contributed by atoms with Crippen LogP contribution in [-0.2, 0) is 9.47 Å². The molecule has 0 spiro atoms. The first-order valence-corrected chi connectivity index (χ1v) is 9.99. The van der Waals surface area contributed by atoms with Crippen LogP contribution in [0.3, 0.4) is 0 Å². The molecule has 4 rings (SSSR count). The van der Waals surface area contributed by atoms with Crippen molar-refractivity contribution in [1.29, 1.82) is 0 Å². The van der Waals surface area contributed by atoms with Gasteiger partial charge in [0.2, 0.25) is 0 Å². The van der Waals surface area contributed by atoms with Gasteiger partial charge in [-0.05, 0) is 57.4 Å². The first-order valence-electron chi connectivity index (χ1n) is 9.99. The van der Waals surface area contributed by atoms with Crippen LogP contribution in [-0.4, -0.2) is 25.2 Å². The van der Waals surface area contributed by atoms with Crippen LogP contribution >= 0.6 is 0 Å². The third kappa shape index (κ3) is 4.78. The van der Waals surface area contributed by atoms with E-state index in [0.29, 0.717) is 11.1 Å². The highest BCUT2D eigenvalue weighted by Gasteiger charge is 2.11. The molecule has 0 saturated carbocycles. The maximum absolute atomic E-state index is 12.3. The summed E-state index contributed by atoms with van der Waals surface area (Å²) in [4.78, 5) is 24.6. The lowest BCUT2D eigenvalue weighted by molar-refractivity contribution is 0.0549. The summed E-state index contributed by atoms with van der Waals surface area (Å²) in [6, 6.07) is 26.2. The number of hydrogen-bond acceptors (Lipinski definition) is 4. The van der Waals surface area contributed by atoms with Crippen LogP contribution in [0.5, 0.6) is 0 Å². The summed E-state index contributed by atoms with van der Waals surface area (Å²) >= 11 is 0. The van der Waals surface area contributed by atoms with Crippen LogP contribution < -0.4 is 0 Å². The van der Waals surface area contributed by atoms with Crippen molar-refractivity contribution in [1.82, 2.24) is 0 Å². The molecule has 0 atom stereocenters. The predicted octanol–water partition coefficient (Wildman–Crippen LogP) is 5.01. The highest BCUT2D eigenvalue weighted by atomic mass is 16.5. The molecular formula is C28H18O4. The Labute approximate surface area is 185 Å². The Morgan fingerprint density at radius 3 is 1.44 bits per heavy atom. The van der Waals surface area contributed by atoms with Crippen molar-refractivity contribution in [3.8, 4) is 23.7 Å². The Balaban J connectivity index is 1.28. The molecule has 0 N–H and O–H groups in total. The van der Waals surface area contributed by atoms with Crippen molar-refractivity contribution in [2.24, 2.45) is 0 Å². The zero-order chi connectivity index (χ0) is 22.2. The summed E-state index contributed by atoms with van der Waals surface area (Å²) in [7, 11) is 0. The van der Waals surface area contributed by atoms with Gasteiger partial charge in [0.15, 0.2) is 13.2 Å². The predicted molar refractivity (Wildman–Crippen MR) is 124 cm³/mol. The molecule has 0 saturated heterocycles. The molecule has 4 aromatic carbocycles. The Kier molecular flexibility index (Phi) is 6.46. The van der Waals surface area contributed by atoms with E-state index in [0.717, 1.165) is 21.5 Å². The number of fused-ring (bicyclic) bond motifs is 2. The monoisotopic (exact) mass is 418 g/mol. The summed E-state index contributed by atoms with van der Waals surface area (Å²) in [6.07, 6.45) is 0. The van der Waals surface area contributed by atoms with E-state index in [1.165, 1.54) is 0 Å². The van der Waals surface area contributed by atoms with E-state index in [-0.39, 0.29) is 13.2 Å². The first-order chi connectivity index (χ1) is 15.7. The van der Waals surface area contributed by atoms with Crippen LogP contribution in [0.25, 0.3) is 21.5 Å².